The van der Waals surface area contributed by atoms with Crippen LogP contribution < -0.4 is 10.6 Å². The molecule has 2 heterocycles. The van der Waals surface area contributed by atoms with Gasteiger partial charge in [-0.25, -0.2) is 4.99 Å². The van der Waals surface area contributed by atoms with Crippen molar-refractivity contribution in [1.82, 2.24) is 15.8 Å². The van der Waals surface area contributed by atoms with Gasteiger partial charge in [-0.1, -0.05) is 31.8 Å². The molecule has 0 atom stereocenters. The van der Waals surface area contributed by atoms with Gasteiger partial charge in [0.15, 0.2) is 11.7 Å². The van der Waals surface area contributed by atoms with Gasteiger partial charge in [-0.15, -0.1) is 0 Å². The molecular formula is C19H28N4O2. The van der Waals surface area contributed by atoms with Gasteiger partial charge in [-0.05, 0) is 30.9 Å². The number of furan rings is 1. The van der Waals surface area contributed by atoms with Crippen LogP contribution in [0.4, 0.5) is 0 Å². The molecule has 0 bridgehead atoms. The van der Waals surface area contributed by atoms with Crippen molar-refractivity contribution in [1.29, 1.82) is 0 Å². The van der Waals surface area contributed by atoms with Crippen molar-refractivity contribution in [3.8, 4) is 0 Å². The lowest BCUT2D eigenvalue weighted by atomic mass is 10.1. The molecule has 2 aromatic rings. The lowest BCUT2D eigenvalue weighted by Crippen LogP contribution is -2.43. The van der Waals surface area contributed by atoms with E-state index in [1.165, 1.54) is 25.7 Å². The third-order valence-corrected chi connectivity index (χ3v) is 4.50. The molecule has 1 aliphatic rings. The van der Waals surface area contributed by atoms with E-state index in [4.69, 9.17) is 8.94 Å². The van der Waals surface area contributed by atoms with Gasteiger partial charge in [0.05, 0.1) is 12.0 Å². The molecule has 0 unspecified atom stereocenters. The molecular weight excluding hydrogens is 316 g/mol. The Balaban J connectivity index is 1.57. The Kier molecular flexibility index (Phi) is 6.14. The van der Waals surface area contributed by atoms with Gasteiger partial charge < -0.3 is 19.6 Å². The van der Waals surface area contributed by atoms with Gasteiger partial charge in [-0.3, -0.25) is 0 Å². The first-order chi connectivity index (χ1) is 12.2. The maximum Gasteiger partial charge on any atom is 0.191 e. The zero-order valence-electron chi connectivity index (χ0n) is 15.1. The van der Waals surface area contributed by atoms with Crippen LogP contribution in [0.2, 0.25) is 0 Å². The van der Waals surface area contributed by atoms with Crippen LogP contribution in [0.15, 0.2) is 38.4 Å². The molecule has 0 aromatic carbocycles. The Bertz CT molecular complexity index is 655. The summed E-state index contributed by atoms with van der Waals surface area (Å²) in [5.74, 6) is 2.97. The molecule has 2 aromatic heterocycles. The molecule has 6 nitrogen and oxygen atoms in total. The Morgan fingerprint density at radius 1 is 1.32 bits per heavy atom. The number of rotatable bonds is 7. The second kappa shape index (κ2) is 8.74. The van der Waals surface area contributed by atoms with E-state index < -0.39 is 0 Å². The van der Waals surface area contributed by atoms with Crippen molar-refractivity contribution in [2.75, 3.05) is 6.54 Å². The molecule has 136 valence electrons. The first-order valence-corrected chi connectivity index (χ1v) is 9.23. The molecule has 1 fully saturated rings. The van der Waals surface area contributed by atoms with Gasteiger partial charge in [0.2, 0.25) is 0 Å². The van der Waals surface area contributed by atoms with E-state index in [-0.39, 0.29) is 0 Å². The highest BCUT2D eigenvalue weighted by atomic mass is 16.5. The van der Waals surface area contributed by atoms with E-state index in [0.29, 0.717) is 18.5 Å². The summed E-state index contributed by atoms with van der Waals surface area (Å²) in [4.78, 5) is 4.68. The summed E-state index contributed by atoms with van der Waals surface area (Å²) in [6.45, 7) is 5.48. The average molecular weight is 344 g/mol. The number of nitrogens with zero attached hydrogens (tertiary/aromatic N) is 2. The fraction of sp³-hybridized carbons (Fsp3) is 0.579. The van der Waals surface area contributed by atoms with Crippen LogP contribution in [-0.2, 0) is 13.0 Å². The van der Waals surface area contributed by atoms with Crippen LogP contribution in [0.3, 0.4) is 0 Å². The van der Waals surface area contributed by atoms with Crippen molar-refractivity contribution >= 4 is 5.96 Å². The van der Waals surface area contributed by atoms with Crippen LogP contribution in [0.25, 0.3) is 0 Å². The summed E-state index contributed by atoms with van der Waals surface area (Å²) in [6.07, 6.45) is 7.53. The standard InChI is InChI=1S/C19H28N4O2/c1-14(2)18-12-17(25-23-18)13-21-19(22-15-6-3-4-7-15)20-10-9-16-8-5-11-24-16/h5,8,11-12,14-15H,3-4,6-7,9-10,13H2,1-2H3,(H2,20,21,22). The summed E-state index contributed by atoms with van der Waals surface area (Å²) in [5, 5.41) is 11.0. The highest BCUT2D eigenvalue weighted by Gasteiger charge is 2.16. The summed E-state index contributed by atoms with van der Waals surface area (Å²) in [6, 6.07) is 6.41. The maximum atomic E-state index is 5.38. The van der Waals surface area contributed by atoms with Gasteiger partial charge >= 0.3 is 0 Å². The number of hydrogen-bond acceptors (Lipinski definition) is 4. The van der Waals surface area contributed by atoms with E-state index in [1.54, 1.807) is 6.26 Å². The SMILES string of the molecule is CC(C)c1cc(CN=C(NCCc2ccco2)NC2CCCC2)on1. The van der Waals surface area contributed by atoms with E-state index in [2.05, 4.69) is 34.6 Å². The topological polar surface area (TPSA) is 75.6 Å². The third kappa shape index (κ3) is 5.37. The molecule has 2 N–H and O–H groups in total. The Morgan fingerprint density at radius 3 is 2.84 bits per heavy atom. The van der Waals surface area contributed by atoms with Crippen LogP contribution in [-0.4, -0.2) is 23.7 Å². The summed E-state index contributed by atoms with van der Waals surface area (Å²) in [5.41, 5.74) is 0.973. The minimum atomic E-state index is 0.365. The fourth-order valence-corrected chi connectivity index (χ4v) is 3.01. The lowest BCUT2D eigenvalue weighted by Gasteiger charge is -2.17. The van der Waals surface area contributed by atoms with Crippen molar-refractivity contribution in [3.05, 3.63) is 41.7 Å². The predicted octanol–water partition coefficient (Wildman–Crippen LogP) is 3.61. The average Bonchev–Trinajstić information content (AvgIpc) is 3.34. The predicted molar refractivity (Wildman–Crippen MR) is 97.5 cm³/mol. The minimum Gasteiger partial charge on any atom is -0.469 e. The molecule has 0 amide bonds. The zero-order chi connectivity index (χ0) is 17.5. The van der Waals surface area contributed by atoms with Gasteiger partial charge in [-0.2, -0.15) is 0 Å². The van der Waals surface area contributed by atoms with E-state index in [0.717, 1.165) is 36.1 Å². The first kappa shape index (κ1) is 17.6. The van der Waals surface area contributed by atoms with Crippen molar-refractivity contribution < 1.29 is 8.94 Å². The second-order valence-corrected chi connectivity index (χ2v) is 6.92. The Labute approximate surface area is 149 Å². The van der Waals surface area contributed by atoms with Crippen LogP contribution in [0, 0.1) is 0 Å². The van der Waals surface area contributed by atoms with Gasteiger partial charge in [0.1, 0.15) is 12.3 Å². The number of nitrogens with one attached hydrogen (secondary N) is 2. The third-order valence-electron chi connectivity index (χ3n) is 4.50. The maximum absolute atomic E-state index is 5.38. The Morgan fingerprint density at radius 2 is 2.16 bits per heavy atom. The number of aliphatic imine (C=N–C) groups is 1. The second-order valence-electron chi connectivity index (χ2n) is 6.92. The van der Waals surface area contributed by atoms with Crippen molar-refractivity contribution in [3.63, 3.8) is 0 Å². The van der Waals surface area contributed by atoms with Crippen LogP contribution in [0.1, 0.15) is 62.7 Å². The smallest absolute Gasteiger partial charge is 0.191 e. The van der Waals surface area contributed by atoms with E-state index >= 15 is 0 Å². The summed E-state index contributed by atoms with van der Waals surface area (Å²) < 4.78 is 10.8. The minimum absolute atomic E-state index is 0.365. The van der Waals surface area contributed by atoms with Gasteiger partial charge in [0.25, 0.3) is 0 Å². The molecule has 1 saturated carbocycles. The zero-order valence-corrected chi connectivity index (χ0v) is 15.1. The monoisotopic (exact) mass is 344 g/mol. The molecule has 3 rings (SSSR count). The molecule has 0 radical (unpaired) electrons. The van der Waals surface area contributed by atoms with Crippen molar-refractivity contribution in [2.24, 2.45) is 4.99 Å². The van der Waals surface area contributed by atoms with Crippen LogP contribution >= 0.6 is 0 Å². The molecule has 0 spiro atoms. The normalized spacial score (nSPS) is 15.9. The molecule has 25 heavy (non-hydrogen) atoms. The van der Waals surface area contributed by atoms with Gasteiger partial charge in [0, 0.05) is 25.1 Å². The highest BCUT2D eigenvalue weighted by Crippen LogP contribution is 2.18. The quantitative estimate of drug-likeness (QED) is 0.593. The van der Waals surface area contributed by atoms with E-state index in [1.807, 2.05) is 18.2 Å². The fourth-order valence-electron chi connectivity index (χ4n) is 3.01. The summed E-state index contributed by atoms with van der Waals surface area (Å²) >= 11 is 0. The van der Waals surface area contributed by atoms with E-state index in [9.17, 15) is 0 Å². The highest BCUT2D eigenvalue weighted by molar-refractivity contribution is 5.80. The number of aromatic nitrogens is 1. The largest absolute Gasteiger partial charge is 0.469 e. The molecule has 1 aliphatic carbocycles. The molecule has 6 heteroatoms. The lowest BCUT2D eigenvalue weighted by molar-refractivity contribution is 0.376. The van der Waals surface area contributed by atoms with Crippen LogP contribution in [0.5, 0.6) is 0 Å². The summed E-state index contributed by atoms with van der Waals surface area (Å²) in [7, 11) is 0. The molecule has 0 saturated heterocycles. The molecule has 0 aliphatic heterocycles. The van der Waals surface area contributed by atoms with Crippen molar-refractivity contribution in [2.45, 2.75) is 64.5 Å². The number of hydrogen-bond donors (Lipinski definition) is 2. The Hall–Kier alpha value is -2.24. The number of guanidine groups is 1. The first-order valence-electron chi connectivity index (χ1n) is 9.23.